The molecule has 8 aromatic rings. The first-order chi connectivity index (χ1) is 31.3. The van der Waals surface area contributed by atoms with E-state index in [0.29, 0.717) is 0 Å². The van der Waals surface area contributed by atoms with Crippen molar-refractivity contribution in [2.75, 3.05) is 7.11 Å². The maximum absolute atomic E-state index is 16.2. The zero-order valence-electron chi connectivity index (χ0n) is 31.4. The summed E-state index contributed by atoms with van der Waals surface area (Å²) in [6, 6.07) is 4.10. The van der Waals surface area contributed by atoms with Crippen molar-refractivity contribution in [1.29, 1.82) is 0 Å². The van der Waals surface area contributed by atoms with Gasteiger partial charge in [0.1, 0.15) is 28.3 Å². The number of halogens is 15. The number of benzene rings is 5. The van der Waals surface area contributed by atoms with Gasteiger partial charge in [-0.2, -0.15) is 4.39 Å². The number of fused-ring (bicyclic) bond motifs is 20. The lowest BCUT2D eigenvalue weighted by atomic mass is 10.1. The predicted octanol–water partition coefficient (Wildman–Crippen LogP) is 10.5. The minimum absolute atomic E-state index is 0.107. The minimum Gasteiger partial charge on any atom is -0.465 e. The Kier molecular flexibility index (Phi) is 9.06. The molecule has 3 aromatic heterocycles. The van der Waals surface area contributed by atoms with E-state index in [1.54, 1.807) is 0 Å². The van der Waals surface area contributed by atoms with Crippen LogP contribution in [-0.2, 0) is 4.74 Å². The Morgan fingerprint density at radius 3 is 1.05 bits per heavy atom. The summed E-state index contributed by atoms with van der Waals surface area (Å²) >= 11 is 0. The number of nitrogens with zero attached hydrogens (tertiary/aromatic N) is 6. The molecule has 5 heterocycles. The molecule has 0 radical (unpaired) electrons. The molecule has 0 spiro atoms. The van der Waals surface area contributed by atoms with Crippen LogP contribution in [0.1, 0.15) is 10.4 Å². The molecule has 11 nitrogen and oxygen atoms in total. The van der Waals surface area contributed by atoms with Crippen LogP contribution in [0.25, 0.3) is 89.7 Å². The van der Waals surface area contributed by atoms with Gasteiger partial charge in [0.05, 0.1) is 56.5 Å². The van der Waals surface area contributed by atoms with E-state index in [9.17, 15) is 31.1 Å². The smallest absolute Gasteiger partial charge is 0.337 e. The molecule has 2 aliphatic heterocycles. The number of esters is 1. The second-order valence-electron chi connectivity index (χ2n) is 13.8. The van der Waals surface area contributed by atoms with E-state index < -0.39 is 194 Å². The normalized spacial score (nSPS) is 12.0. The highest BCUT2D eigenvalue weighted by atomic mass is 19.2. The molecule has 0 atom stereocenters. The van der Waals surface area contributed by atoms with Gasteiger partial charge in [0.15, 0.2) is 110 Å². The van der Waals surface area contributed by atoms with Crippen molar-refractivity contribution < 1.29 is 80.1 Å². The molecule has 0 aliphatic carbocycles. The van der Waals surface area contributed by atoms with Crippen molar-refractivity contribution in [3.05, 3.63) is 117 Å². The van der Waals surface area contributed by atoms with Crippen molar-refractivity contribution in [3.63, 3.8) is 0 Å². The number of hydrogen-bond acceptors (Lipinski definition) is 9. The van der Waals surface area contributed by atoms with E-state index in [0.717, 1.165) is 31.4 Å². The van der Waals surface area contributed by atoms with E-state index >= 15 is 39.5 Å². The van der Waals surface area contributed by atoms with Crippen LogP contribution in [0.3, 0.4) is 0 Å². The highest BCUT2D eigenvalue weighted by Gasteiger charge is 2.38. The maximum atomic E-state index is 16.2. The Bertz CT molecular complexity index is 3760. The third-order valence-electron chi connectivity index (χ3n) is 10.2. The van der Waals surface area contributed by atoms with Crippen molar-refractivity contribution in [2.24, 2.45) is 0 Å². The summed E-state index contributed by atoms with van der Waals surface area (Å²) in [4.78, 5) is 38.7. The highest BCUT2D eigenvalue weighted by Crippen LogP contribution is 2.48. The van der Waals surface area contributed by atoms with Gasteiger partial charge in [-0.15, -0.1) is 0 Å². The average Bonchev–Trinajstić information content (AvgIpc) is 4.05. The fourth-order valence-corrected chi connectivity index (χ4v) is 7.24. The van der Waals surface area contributed by atoms with Crippen LogP contribution in [0.2, 0.25) is 0 Å². The molecular weight excluding hydrogens is 925 g/mol. The highest BCUT2D eigenvalue weighted by molar-refractivity contribution is 6.07. The molecule has 10 rings (SSSR count). The Hall–Kier alpha value is -8.32. The van der Waals surface area contributed by atoms with Gasteiger partial charge in [-0.3, -0.25) is 0 Å². The topological polar surface area (TPSA) is 144 Å². The number of aromatic amines is 2. The van der Waals surface area contributed by atoms with E-state index in [2.05, 4.69) is 39.6 Å². The van der Waals surface area contributed by atoms with Gasteiger partial charge < -0.3 is 19.4 Å². The summed E-state index contributed by atoms with van der Waals surface area (Å²) in [7, 11) is 1.03. The minimum atomic E-state index is -2.53. The molecule has 5 aromatic carbocycles. The molecule has 8 bridgehead atoms. The predicted molar refractivity (Wildman–Crippen MR) is 193 cm³/mol. The van der Waals surface area contributed by atoms with E-state index in [1.165, 1.54) is 0 Å². The van der Waals surface area contributed by atoms with Crippen molar-refractivity contribution in [2.45, 2.75) is 0 Å². The molecule has 0 fully saturated rings. The van der Waals surface area contributed by atoms with Gasteiger partial charge in [0.2, 0.25) is 5.82 Å². The Morgan fingerprint density at radius 1 is 0.394 bits per heavy atom. The number of nitrogens with one attached hydrogen (secondary N) is 2. The summed E-state index contributed by atoms with van der Waals surface area (Å²) in [6.45, 7) is 0. The fourth-order valence-electron chi connectivity index (χ4n) is 7.24. The summed E-state index contributed by atoms with van der Waals surface area (Å²) in [6.07, 6.45) is 0. The zero-order chi connectivity index (χ0) is 47.1. The summed E-state index contributed by atoms with van der Waals surface area (Å²) in [5, 5.41) is -5.74. The summed E-state index contributed by atoms with van der Waals surface area (Å²) in [5.74, 6) is -43.6. The molecule has 0 amide bonds. The van der Waals surface area contributed by atoms with Crippen LogP contribution in [-0.4, -0.2) is 53.0 Å². The lowest BCUT2D eigenvalue weighted by Gasteiger charge is -2.13. The van der Waals surface area contributed by atoms with Gasteiger partial charge in [0, 0.05) is 0 Å². The van der Waals surface area contributed by atoms with Gasteiger partial charge >= 0.3 is 5.97 Å². The number of carbonyl (C=O) groups excluding carboxylic acids is 1. The van der Waals surface area contributed by atoms with Crippen molar-refractivity contribution in [3.8, 4) is 57.1 Å². The third-order valence-corrected chi connectivity index (χ3v) is 10.2. The quantitative estimate of drug-likeness (QED) is 0.0765. The second kappa shape index (κ2) is 14.3. The number of rotatable bonds is 3. The number of carbonyl (C=O) groups is 1. The van der Waals surface area contributed by atoms with Crippen LogP contribution in [0.15, 0.2) is 24.3 Å². The van der Waals surface area contributed by atoms with Crippen molar-refractivity contribution >= 4 is 50.1 Å². The lowest BCUT2D eigenvalue weighted by Crippen LogP contribution is -2.03. The Morgan fingerprint density at radius 2 is 0.697 bits per heavy atom. The molecule has 0 unspecified atom stereocenters. The maximum Gasteiger partial charge on any atom is 0.337 e. The van der Waals surface area contributed by atoms with E-state index in [1.807, 2.05) is 4.98 Å². The number of methoxy groups -OCH3 is 1. The molecule has 2 N–H and O–H groups in total. The zero-order valence-corrected chi connectivity index (χ0v) is 31.4. The molecular formula is C40H9F15N8O3. The van der Waals surface area contributed by atoms with Gasteiger partial charge in [-0.1, -0.05) is 0 Å². The summed E-state index contributed by atoms with van der Waals surface area (Å²) in [5.41, 5.74) is -10.5. The third kappa shape index (κ3) is 5.65. The van der Waals surface area contributed by atoms with Gasteiger partial charge in [-0.05, 0) is 24.3 Å². The average molecular weight is 935 g/mol. The Labute approximate surface area is 351 Å². The number of H-pyrrole nitrogens is 2. The first kappa shape index (κ1) is 41.7. The standard InChI is InChI=1S/C40H9F15N8O3/c1-65-40(64)6-2-4-7(5-3-6)66-31-15-14(22(47)29(54)30(31)55)38-61-36-11-10(18(43)25(50)26(51)19(11)44)34(59-36)57-32-8-9(17(42)24(49)23(48)16(8)41)33(56-32)58-35-12-13(37(60-35)62-39(15)63-38)21(46)28(53)27(52)20(12)45/h2-5H,1H3,(H2,56,57,58,59,60,61,62,63). The first-order valence-corrected chi connectivity index (χ1v) is 17.8. The monoisotopic (exact) mass is 934 g/mol. The number of hydrogen-bond donors (Lipinski definition) is 2. The molecule has 26 heteroatoms. The SMILES string of the molecule is COC(=O)c1ccc(Oc2c(F)c(F)c(F)c3c2-c2nc-3nc3[nH]c(nc4nc(nc5[nH]c(n2)c2c(F)c(F)c(F)c(F)c52)-c2c(F)c(F)c(F)c(F)c2-4)c2c(F)c(F)c(F)c(F)c32)cc1. The Balaban J connectivity index is 1.44. The molecule has 66 heavy (non-hydrogen) atoms. The molecule has 2 aliphatic rings. The van der Waals surface area contributed by atoms with Crippen LogP contribution < -0.4 is 4.74 Å². The van der Waals surface area contributed by atoms with Crippen LogP contribution in [0.4, 0.5) is 65.9 Å². The fraction of sp³-hybridized carbons (Fsp3) is 0.0250. The molecule has 332 valence electrons. The summed E-state index contributed by atoms with van der Waals surface area (Å²) < 4.78 is 241. The number of aromatic nitrogens is 8. The van der Waals surface area contributed by atoms with Crippen LogP contribution in [0.5, 0.6) is 11.5 Å². The first-order valence-electron chi connectivity index (χ1n) is 17.8. The van der Waals surface area contributed by atoms with E-state index in [4.69, 9.17) is 4.74 Å². The lowest BCUT2D eigenvalue weighted by molar-refractivity contribution is 0.0600. The van der Waals surface area contributed by atoms with Crippen LogP contribution >= 0.6 is 0 Å². The second-order valence-corrected chi connectivity index (χ2v) is 13.8. The van der Waals surface area contributed by atoms with Gasteiger partial charge in [-0.25, -0.2) is 96.2 Å². The van der Waals surface area contributed by atoms with E-state index in [-0.39, 0.29) is 5.56 Å². The number of ether oxygens (including phenoxy) is 2. The van der Waals surface area contributed by atoms with Crippen molar-refractivity contribution in [1.82, 2.24) is 39.9 Å². The molecule has 0 saturated carbocycles. The van der Waals surface area contributed by atoms with Crippen LogP contribution in [0, 0.1) is 87.3 Å². The largest absolute Gasteiger partial charge is 0.465 e. The molecule has 0 saturated heterocycles. The van der Waals surface area contributed by atoms with Gasteiger partial charge in [0.25, 0.3) is 0 Å².